The number of hydrogen-bond donors (Lipinski definition) is 2. The van der Waals surface area contributed by atoms with Crippen LogP contribution in [0.4, 0.5) is 0 Å². The van der Waals surface area contributed by atoms with Gasteiger partial charge in [-0.15, -0.1) is 12.3 Å². The van der Waals surface area contributed by atoms with Crippen molar-refractivity contribution < 1.29 is 4.79 Å². The van der Waals surface area contributed by atoms with Crippen LogP contribution in [0.15, 0.2) is 0 Å². The fourth-order valence-electron chi connectivity index (χ4n) is 0.583. The zero-order chi connectivity index (χ0) is 9.61. The molecule has 0 aliphatic heterocycles. The fourth-order valence-corrected chi connectivity index (χ4v) is 0.583. The van der Waals surface area contributed by atoms with Crippen molar-refractivity contribution in [2.45, 2.75) is 25.8 Å². The summed E-state index contributed by atoms with van der Waals surface area (Å²) >= 11 is 0. The van der Waals surface area contributed by atoms with E-state index < -0.39 is 5.54 Å². The summed E-state index contributed by atoms with van der Waals surface area (Å²) in [6.45, 7) is 4.18. The van der Waals surface area contributed by atoms with E-state index in [2.05, 4.69) is 16.6 Å². The molecule has 0 aromatic heterocycles. The van der Waals surface area contributed by atoms with Gasteiger partial charge in [-0.25, -0.2) is 0 Å². The molecule has 12 heavy (non-hydrogen) atoms. The van der Waals surface area contributed by atoms with Gasteiger partial charge in [0.25, 0.3) is 0 Å². The predicted molar refractivity (Wildman–Crippen MR) is 49.6 cm³/mol. The Morgan fingerprint density at radius 3 is 2.58 bits per heavy atom. The summed E-state index contributed by atoms with van der Waals surface area (Å²) in [6.07, 6.45) is 5.61. The highest BCUT2D eigenvalue weighted by Crippen LogP contribution is 1.99. The molecule has 0 fully saturated rings. The van der Waals surface area contributed by atoms with Crippen LogP contribution in [0.5, 0.6) is 0 Å². The van der Waals surface area contributed by atoms with Crippen LogP contribution in [0.25, 0.3) is 0 Å². The highest BCUT2D eigenvalue weighted by Gasteiger charge is 2.23. The van der Waals surface area contributed by atoms with Gasteiger partial charge < -0.3 is 10.6 Å². The minimum absolute atomic E-state index is 0.0275. The molecule has 0 aliphatic carbocycles. The Labute approximate surface area is 73.9 Å². The van der Waals surface area contributed by atoms with Crippen LogP contribution in [0, 0.1) is 12.3 Å². The highest BCUT2D eigenvalue weighted by molar-refractivity contribution is 5.85. The Hall–Kier alpha value is -1.01. The van der Waals surface area contributed by atoms with Crippen LogP contribution < -0.4 is 10.6 Å². The number of amides is 1. The minimum atomic E-state index is -0.519. The lowest BCUT2D eigenvalue weighted by atomic mass is 10.1. The zero-order valence-electron chi connectivity index (χ0n) is 7.90. The van der Waals surface area contributed by atoms with Gasteiger partial charge in [0.1, 0.15) is 0 Å². The average Bonchev–Trinajstić information content (AvgIpc) is 2.05. The van der Waals surface area contributed by atoms with Crippen molar-refractivity contribution in [3.8, 4) is 12.3 Å². The Bertz CT molecular complexity index is 191. The number of likely N-dealkylation sites (N-methyl/N-ethyl adjacent to an activating group) is 1. The molecule has 2 N–H and O–H groups in total. The highest BCUT2D eigenvalue weighted by atomic mass is 16.2. The van der Waals surface area contributed by atoms with Gasteiger partial charge in [-0.05, 0) is 20.9 Å². The molecule has 0 radical (unpaired) electrons. The summed E-state index contributed by atoms with van der Waals surface area (Å²) < 4.78 is 0. The maximum absolute atomic E-state index is 11.3. The van der Waals surface area contributed by atoms with Crippen molar-refractivity contribution in [2.24, 2.45) is 0 Å². The predicted octanol–water partition coefficient (Wildman–Crippen LogP) is 0.124. The van der Waals surface area contributed by atoms with E-state index in [0.29, 0.717) is 13.0 Å². The SMILES string of the molecule is C#CCCNC(=O)C(C)(C)NC. The first kappa shape index (κ1) is 11.0. The topological polar surface area (TPSA) is 41.1 Å². The van der Waals surface area contributed by atoms with Gasteiger partial charge in [-0.3, -0.25) is 4.79 Å². The lowest BCUT2D eigenvalue weighted by Gasteiger charge is -2.22. The van der Waals surface area contributed by atoms with Gasteiger partial charge in [0.15, 0.2) is 0 Å². The molecular weight excluding hydrogens is 152 g/mol. The number of terminal acetylenes is 1. The largest absolute Gasteiger partial charge is 0.354 e. The van der Waals surface area contributed by atoms with Gasteiger partial charge in [0, 0.05) is 13.0 Å². The standard InChI is InChI=1S/C9H16N2O/c1-5-6-7-11-8(12)9(2,3)10-4/h1,10H,6-7H2,2-4H3,(H,11,12). The summed E-state index contributed by atoms with van der Waals surface area (Å²) in [6, 6.07) is 0. The smallest absolute Gasteiger partial charge is 0.239 e. The van der Waals surface area contributed by atoms with E-state index in [4.69, 9.17) is 6.42 Å². The third-order valence-electron chi connectivity index (χ3n) is 1.75. The van der Waals surface area contributed by atoms with Crippen LogP contribution in [-0.4, -0.2) is 25.0 Å². The lowest BCUT2D eigenvalue weighted by molar-refractivity contribution is -0.126. The van der Waals surface area contributed by atoms with Crippen LogP contribution in [0.3, 0.4) is 0 Å². The van der Waals surface area contributed by atoms with Crippen LogP contribution in [0.1, 0.15) is 20.3 Å². The molecule has 0 heterocycles. The molecule has 0 unspecified atom stereocenters. The van der Waals surface area contributed by atoms with E-state index in [9.17, 15) is 4.79 Å². The van der Waals surface area contributed by atoms with Gasteiger partial charge in [-0.2, -0.15) is 0 Å². The number of carbonyl (C=O) groups is 1. The third kappa shape index (κ3) is 3.40. The van der Waals surface area contributed by atoms with Crippen LogP contribution >= 0.6 is 0 Å². The van der Waals surface area contributed by atoms with Crippen molar-refractivity contribution in [3.05, 3.63) is 0 Å². The second-order valence-corrected chi connectivity index (χ2v) is 3.09. The second kappa shape index (κ2) is 4.78. The summed E-state index contributed by atoms with van der Waals surface area (Å²) in [4.78, 5) is 11.3. The van der Waals surface area contributed by atoms with E-state index in [1.165, 1.54) is 0 Å². The molecule has 0 bridgehead atoms. The third-order valence-corrected chi connectivity index (χ3v) is 1.75. The van der Waals surface area contributed by atoms with E-state index in [-0.39, 0.29) is 5.91 Å². The first-order chi connectivity index (χ1) is 5.54. The van der Waals surface area contributed by atoms with Gasteiger partial charge in [-0.1, -0.05) is 0 Å². The molecule has 0 aromatic carbocycles. The Morgan fingerprint density at radius 2 is 2.17 bits per heavy atom. The maximum Gasteiger partial charge on any atom is 0.239 e. The molecule has 3 nitrogen and oxygen atoms in total. The molecule has 3 heteroatoms. The van der Waals surface area contributed by atoms with E-state index in [1.807, 2.05) is 13.8 Å². The van der Waals surface area contributed by atoms with Crippen LogP contribution in [-0.2, 0) is 4.79 Å². The monoisotopic (exact) mass is 168 g/mol. The number of nitrogens with one attached hydrogen (secondary N) is 2. The van der Waals surface area contributed by atoms with Gasteiger partial charge >= 0.3 is 0 Å². The first-order valence-corrected chi connectivity index (χ1v) is 3.95. The molecule has 0 rings (SSSR count). The molecule has 0 saturated heterocycles. The van der Waals surface area contributed by atoms with Crippen molar-refractivity contribution in [1.29, 1.82) is 0 Å². The van der Waals surface area contributed by atoms with E-state index in [0.717, 1.165) is 0 Å². The van der Waals surface area contributed by atoms with Gasteiger partial charge in [0.05, 0.1) is 5.54 Å². The number of rotatable bonds is 4. The average molecular weight is 168 g/mol. The lowest BCUT2D eigenvalue weighted by Crippen LogP contribution is -2.51. The fraction of sp³-hybridized carbons (Fsp3) is 0.667. The number of carbonyl (C=O) groups excluding carboxylic acids is 1. The second-order valence-electron chi connectivity index (χ2n) is 3.09. The Balaban J connectivity index is 3.81. The Kier molecular flexibility index (Phi) is 4.38. The molecule has 68 valence electrons. The molecular formula is C9H16N2O. The molecule has 0 aliphatic rings. The molecule has 1 amide bonds. The molecule has 0 aromatic rings. The minimum Gasteiger partial charge on any atom is -0.354 e. The van der Waals surface area contributed by atoms with Gasteiger partial charge in [0.2, 0.25) is 5.91 Å². The summed E-state index contributed by atoms with van der Waals surface area (Å²) in [7, 11) is 1.75. The maximum atomic E-state index is 11.3. The molecule has 0 spiro atoms. The zero-order valence-corrected chi connectivity index (χ0v) is 7.90. The summed E-state index contributed by atoms with van der Waals surface area (Å²) in [5, 5.41) is 5.64. The van der Waals surface area contributed by atoms with Crippen molar-refractivity contribution in [1.82, 2.24) is 10.6 Å². The van der Waals surface area contributed by atoms with E-state index >= 15 is 0 Å². The van der Waals surface area contributed by atoms with E-state index in [1.54, 1.807) is 7.05 Å². The van der Waals surface area contributed by atoms with Crippen molar-refractivity contribution in [3.63, 3.8) is 0 Å². The van der Waals surface area contributed by atoms with Crippen LogP contribution in [0.2, 0.25) is 0 Å². The number of hydrogen-bond acceptors (Lipinski definition) is 2. The van der Waals surface area contributed by atoms with Crippen molar-refractivity contribution in [2.75, 3.05) is 13.6 Å². The molecule has 0 atom stereocenters. The molecule has 0 saturated carbocycles. The normalized spacial score (nSPS) is 10.5. The summed E-state index contributed by atoms with van der Waals surface area (Å²) in [5.41, 5.74) is -0.519. The summed E-state index contributed by atoms with van der Waals surface area (Å²) in [5.74, 6) is 2.43. The Morgan fingerprint density at radius 1 is 1.58 bits per heavy atom. The van der Waals surface area contributed by atoms with Crippen molar-refractivity contribution >= 4 is 5.91 Å². The first-order valence-electron chi connectivity index (χ1n) is 3.95. The quantitative estimate of drug-likeness (QED) is 0.462.